The first-order valence-electron chi connectivity index (χ1n) is 11.6. The van der Waals surface area contributed by atoms with Crippen LogP contribution in [0.25, 0.3) is 11.4 Å². The van der Waals surface area contributed by atoms with E-state index in [4.69, 9.17) is 14.5 Å². The highest BCUT2D eigenvalue weighted by atomic mass is 16.5. The number of hydrogen-bond donors (Lipinski definition) is 1. The van der Waals surface area contributed by atoms with E-state index in [1.165, 1.54) is 0 Å². The maximum Gasteiger partial charge on any atom is 0.253 e. The minimum atomic E-state index is -0.360. The molecule has 0 spiro atoms. The lowest BCUT2D eigenvalue weighted by Gasteiger charge is -2.37. The molecule has 10 heteroatoms. The molecule has 2 aliphatic rings. The first-order chi connectivity index (χ1) is 16.8. The second kappa shape index (κ2) is 9.00. The van der Waals surface area contributed by atoms with Crippen LogP contribution in [-0.2, 0) is 6.42 Å². The number of aromatic nitrogens is 3. The molecule has 1 N–H and O–H groups in total. The lowest BCUT2D eigenvalue weighted by molar-refractivity contribution is 0.0177. The van der Waals surface area contributed by atoms with Crippen LogP contribution in [0.4, 0.5) is 5.82 Å². The summed E-state index contributed by atoms with van der Waals surface area (Å²) in [6, 6.07) is 12.7. The van der Waals surface area contributed by atoms with Crippen LogP contribution in [0.15, 0.2) is 40.9 Å². The van der Waals surface area contributed by atoms with Gasteiger partial charge in [-0.25, -0.2) is 9.88 Å². The molecule has 0 bridgehead atoms. The van der Waals surface area contributed by atoms with Crippen molar-refractivity contribution in [2.75, 3.05) is 31.5 Å². The van der Waals surface area contributed by atoms with E-state index in [-0.39, 0.29) is 17.7 Å². The predicted octanol–water partition coefficient (Wildman–Crippen LogP) is 3.14. The third-order valence-corrected chi connectivity index (χ3v) is 5.94. The third-order valence-electron chi connectivity index (χ3n) is 5.94. The second-order valence-electron chi connectivity index (χ2n) is 9.92. The van der Waals surface area contributed by atoms with Gasteiger partial charge in [0.25, 0.3) is 5.91 Å². The van der Waals surface area contributed by atoms with Gasteiger partial charge in [-0.15, -0.1) is 0 Å². The van der Waals surface area contributed by atoms with Gasteiger partial charge in [-0.1, -0.05) is 38.1 Å². The maximum atomic E-state index is 13.1. The minimum Gasteiger partial charge on any atom is -0.453 e. The number of piperazine rings is 1. The van der Waals surface area contributed by atoms with Gasteiger partial charge in [-0.3, -0.25) is 4.79 Å². The Labute approximate surface area is 203 Å². The van der Waals surface area contributed by atoms with Crippen LogP contribution in [0.5, 0.6) is 5.75 Å². The zero-order chi connectivity index (χ0) is 24.6. The first kappa shape index (κ1) is 22.8. The smallest absolute Gasteiger partial charge is 0.253 e. The summed E-state index contributed by atoms with van der Waals surface area (Å²) in [6.07, 6.45) is 0.342. The standard InChI is InChI=1S/C25H27N7O3/c1-25(2,3)14-20-28-21(30-35-20)16-4-6-17(7-5-16)23(33)31-10-12-32(13-11-31)24-29-22-19(34-24)9-8-18(15-26)27-22/h4-9,24H,10-14H2,1-3H3,(H,27,29). The fourth-order valence-electron chi connectivity index (χ4n) is 4.14. The van der Waals surface area contributed by atoms with E-state index in [1.54, 1.807) is 24.3 Å². The largest absolute Gasteiger partial charge is 0.453 e. The fourth-order valence-corrected chi connectivity index (χ4v) is 4.14. The normalized spacial score (nSPS) is 17.9. The molecule has 0 aliphatic carbocycles. The third kappa shape index (κ3) is 4.95. The predicted molar refractivity (Wildman–Crippen MR) is 127 cm³/mol. The van der Waals surface area contributed by atoms with Crippen molar-refractivity contribution in [1.82, 2.24) is 24.9 Å². The van der Waals surface area contributed by atoms with Gasteiger partial charge >= 0.3 is 0 Å². The molecule has 2 aromatic heterocycles. The highest BCUT2D eigenvalue weighted by Crippen LogP contribution is 2.31. The van der Waals surface area contributed by atoms with Crippen LogP contribution >= 0.6 is 0 Å². The summed E-state index contributed by atoms with van der Waals surface area (Å²) in [5.74, 6) is 2.31. The molecular formula is C25H27N7O3. The summed E-state index contributed by atoms with van der Waals surface area (Å²) in [5, 5.41) is 16.3. The molecule has 1 saturated heterocycles. The number of fused-ring (bicyclic) bond motifs is 1. The van der Waals surface area contributed by atoms with Gasteiger partial charge in [0.05, 0.1) is 0 Å². The molecular weight excluding hydrogens is 446 g/mol. The van der Waals surface area contributed by atoms with Crippen LogP contribution in [0.1, 0.15) is 42.7 Å². The van der Waals surface area contributed by atoms with E-state index >= 15 is 0 Å². The van der Waals surface area contributed by atoms with Gasteiger partial charge in [0.1, 0.15) is 11.8 Å². The molecule has 35 heavy (non-hydrogen) atoms. The van der Waals surface area contributed by atoms with Gasteiger partial charge in [0.2, 0.25) is 18.1 Å². The van der Waals surface area contributed by atoms with E-state index in [0.717, 1.165) is 5.56 Å². The lowest BCUT2D eigenvalue weighted by Crippen LogP contribution is -2.54. The van der Waals surface area contributed by atoms with Crippen molar-refractivity contribution in [3.8, 4) is 23.2 Å². The molecule has 1 atom stereocenters. The molecule has 0 saturated carbocycles. The average molecular weight is 474 g/mol. The summed E-state index contributed by atoms with van der Waals surface area (Å²) >= 11 is 0. The fraction of sp³-hybridized carbons (Fsp3) is 0.400. The molecule has 10 nitrogen and oxygen atoms in total. The maximum absolute atomic E-state index is 13.1. The summed E-state index contributed by atoms with van der Waals surface area (Å²) in [4.78, 5) is 25.7. The first-order valence-corrected chi connectivity index (χ1v) is 11.6. The summed E-state index contributed by atoms with van der Waals surface area (Å²) in [6.45, 7) is 8.83. The Balaban J connectivity index is 1.17. The molecule has 4 heterocycles. The molecule has 1 unspecified atom stereocenters. The molecule has 180 valence electrons. The van der Waals surface area contributed by atoms with Gasteiger partial charge < -0.3 is 19.5 Å². The number of carbonyl (C=O) groups excluding carboxylic acids is 1. The van der Waals surface area contributed by atoms with Gasteiger partial charge in [-0.05, 0) is 29.7 Å². The number of anilines is 1. The number of carbonyl (C=O) groups is 1. The number of amides is 1. The topological polar surface area (TPSA) is 120 Å². The number of ether oxygens (including phenoxy) is 1. The molecule has 1 amide bonds. The summed E-state index contributed by atoms with van der Waals surface area (Å²) < 4.78 is 11.3. The van der Waals surface area contributed by atoms with Crippen LogP contribution in [-0.4, -0.2) is 63.4 Å². The van der Waals surface area contributed by atoms with Crippen molar-refractivity contribution in [2.24, 2.45) is 5.41 Å². The van der Waals surface area contributed by atoms with Crippen LogP contribution in [0.3, 0.4) is 0 Å². The number of nitrogens with one attached hydrogen (secondary N) is 1. The van der Waals surface area contributed by atoms with Crippen molar-refractivity contribution in [1.29, 1.82) is 5.26 Å². The van der Waals surface area contributed by atoms with E-state index in [9.17, 15) is 4.79 Å². The molecule has 3 aromatic rings. The van der Waals surface area contributed by atoms with Crippen LogP contribution < -0.4 is 10.1 Å². The van der Waals surface area contributed by atoms with E-state index in [2.05, 4.69) is 46.1 Å². The Morgan fingerprint density at radius 2 is 1.86 bits per heavy atom. The SMILES string of the molecule is CC(C)(C)Cc1nc(-c2ccc(C(=O)N3CCN(C4Nc5nc(C#N)ccc5O4)CC3)cc2)no1. The van der Waals surface area contributed by atoms with Crippen molar-refractivity contribution in [3.63, 3.8) is 0 Å². The van der Waals surface area contributed by atoms with E-state index in [0.29, 0.717) is 67.1 Å². The zero-order valence-corrected chi connectivity index (χ0v) is 20.0. The van der Waals surface area contributed by atoms with Gasteiger partial charge in [0, 0.05) is 43.7 Å². The summed E-state index contributed by atoms with van der Waals surface area (Å²) in [7, 11) is 0. The van der Waals surface area contributed by atoms with Crippen molar-refractivity contribution in [3.05, 3.63) is 53.5 Å². The molecule has 1 aromatic carbocycles. The minimum absolute atomic E-state index is 0.0124. The van der Waals surface area contributed by atoms with Crippen molar-refractivity contribution in [2.45, 2.75) is 33.5 Å². The monoisotopic (exact) mass is 473 g/mol. The van der Waals surface area contributed by atoms with Crippen LogP contribution in [0, 0.1) is 16.7 Å². The molecule has 5 rings (SSSR count). The van der Waals surface area contributed by atoms with Crippen molar-refractivity contribution >= 4 is 11.7 Å². The van der Waals surface area contributed by atoms with Gasteiger partial charge in [0.15, 0.2) is 11.6 Å². The van der Waals surface area contributed by atoms with E-state index < -0.39 is 0 Å². The number of nitriles is 1. The number of pyridine rings is 1. The Morgan fingerprint density at radius 3 is 2.54 bits per heavy atom. The Bertz CT molecular complexity index is 1270. The summed E-state index contributed by atoms with van der Waals surface area (Å²) in [5.41, 5.74) is 1.84. The molecule has 0 radical (unpaired) electrons. The second-order valence-corrected chi connectivity index (χ2v) is 9.92. The average Bonchev–Trinajstić information content (AvgIpc) is 3.49. The lowest BCUT2D eigenvalue weighted by atomic mass is 9.92. The number of hydrogen-bond acceptors (Lipinski definition) is 9. The van der Waals surface area contributed by atoms with Gasteiger partial charge in [-0.2, -0.15) is 10.2 Å². The number of nitrogens with zero attached hydrogens (tertiary/aromatic N) is 6. The zero-order valence-electron chi connectivity index (χ0n) is 20.0. The highest BCUT2D eigenvalue weighted by molar-refractivity contribution is 5.94. The Morgan fingerprint density at radius 1 is 1.11 bits per heavy atom. The molecule has 1 fully saturated rings. The highest BCUT2D eigenvalue weighted by Gasteiger charge is 2.32. The van der Waals surface area contributed by atoms with E-state index in [1.807, 2.05) is 23.1 Å². The van der Waals surface area contributed by atoms with Crippen LogP contribution in [0.2, 0.25) is 0 Å². The Kier molecular flexibility index (Phi) is 5.86. The number of rotatable bonds is 4. The Hall–Kier alpha value is -3.97. The quantitative estimate of drug-likeness (QED) is 0.609. The molecule has 2 aliphatic heterocycles. The number of benzene rings is 1. The van der Waals surface area contributed by atoms with Crippen molar-refractivity contribution < 1.29 is 14.1 Å².